The van der Waals surface area contributed by atoms with Gasteiger partial charge in [-0.3, -0.25) is 0 Å². The number of anilines is 2. The molecule has 0 bridgehead atoms. The molecule has 84 valence electrons. The van der Waals surface area contributed by atoms with Crippen LogP contribution in [0.2, 0.25) is 0 Å². The summed E-state index contributed by atoms with van der Waals surface area (Å²) in [6, 6.07) is 2.36. The van der Waals surface area contributed by atoms with Crippen molar-refractivity contribution in [3.8, 4) is 0 Å². The maximum Gasteiger partial charge on any atom is 0.140 e. The van der Waals surface area contributed by atoms with Crippen LogP contribution in [0.25, 0.3) is 0 Å². The summed E-state index contributed by atoms with van der Waals surface area (Å²) in [6.07, 6.45) is 5.12. The first kappa shape index (κ1) is 12.3. The monoisotopic (exact) mass is 271 g/mol. The van der Waals surface area contributed by atoms with E-state index in [0.29, 0.717) is 11.7 Å². The minimum atomic E-state index is 0.488. The molecule has 1 aromatic rings. The molecule has 0 radical (unpaired) electrons. The second-order valence-electron chi connectivity index (χ2n) is 3.64. The van der Waals surface area contributed by atoms with E-state index in [2.05, 4.69) is 40.1 Å². The lowest BCUT2D eigenvalue weighted by Crippen LogP contribution is -2.19. The highest BCUT2D eigenvalue weighted by atomic mass is 79.9. The number of nitrogens with one attached hydrogen (secondary N) is 1. The third-order valence-corrected chi connectivity index (χ3v) is 2.94. The second-order valence-corrected chi connectivity index (χ2v) is 4.49. The predicted molar refractivity (Wildman–Crippen MR) is 69.0 cm³/mol. The fourth-order valence-corrected chi connectivity index (χ4v) is 1.96. The van der Waals surface area contributed by atoms with Crippen LogP contribution in [0.5, 0.6) is 0 Å². The lowest BCUT2D eigenvalue weighted by atomic mass is 10.1. The van der Waals surface area contributed by atoms with Gasteiger partial charge in [-0.25, -0.2) is 4.98 Å². The molecule has 0 amide bonds. The molecule has 0 aliphatic carbocycles. The van der Waals surface area contributed by atoms with Crippen LogP contribution in [-0.2, 0) is 0 Å². The van der Waals surface area contributed by atoms with Crippen LogP contribution in [-0.4, -0.2) is 11.0 Å². The molecule has 1 aromatic heterocycles. The number of aromatic nitrogens is 1. The Morgan fingerprint density at radius 2 is 2.27 bits per heavy atom. The molecule has 4 heteroatoms. The minimum absolute atomic E-state index is 0.488. The summed E-state index contributed by atoms with van der Waals surface area (Å²) in [4.78, 5) is 4.26. The number of hydrogen-bond donors (Lipinski definition) is 2. The van der Waals surface area contributed by atoms with Crippen molar-refractivity contribution in [2.75, 3.05) is 11.1 Å². The van der Waals surface area contributed by atoms with Crippen molar-refractivity contribution >= 4 is 27.4 Å². The van der Waals surface area contributed by atoms with Crippen LogP contribution < -0.4 is 11.1 Å². The van der Waals surface area contributed by atoms with E-state index in [0.717, 1.165) is 23.1 Å². The highest BCUT2D eigenvalue weighted by Crippen LogP contribution is 2.23. The first-order chi connectivity index (χ1) is 7.17. The van der Waals surface area contributed by atoms with Gasteiger partial charge in [0.2, 0.25) is 0 Å². The van der Waals surface area contributed by atoms with Gasteiger partial charge in [0.25, 0.3) is 0 Å². The molecule has 3 nitrogen and oxygen atoms in total. The van der Waals surface area contributed by atoms with Crippen LogP contribution in [0, 0.1) is 0 Å². The standard InChI is InChI=1S/C11H18BrN3/c1-3-5-9(4-2)15-11-10(12)6-8(13)7-14-11/h6-7,9H,3-5,13H2,1-2H3,(H,14,15). The van der Waals surface area contributed by atoms with Gasteiger partial charge >= 0.3 is 0 Å². The molecule has 1 atom stereocenters. The number of nitrogens with two attached hydrogens (primary N) is 1. The first-order valence-corrected chi connectivity index (χ1v) is 6.14. The average Bonchev–Trinajstić information content (AvgIpc) is 2.21. The van der Waals surface area contributed by atoms with Gasteiger partial charge in [-0.15, -0.1) is 0 Å². The van der Waals surface area contributed by atoms with Crippen LogP contribution in [0.4, 0.5) is 11.5 Å². The summed E-state index contributed by atoms with van der Waals surface area (Å²) in [6.45, 7) is 4.37. The normalized spacial score (nSPS) is 12.5. The SMILES string of the molecule is CCCC(CC)Nc1ncc(N)cc1Br. The third-order valence-electron chi connectivity index (χ3n) is 2.33. The molecule has 0 saturated carbocycles. The van der Waals surface area contributed by atoms with Gasteiger partial charge in [-0.1, -0.05) is 20.3 Å². The van der Waals surface area contributed by atoms with E-state index in [1.165, 1.54) is 6.42 Å². The topological polar surface area (TPSA) is 50.9 Å². The Hall–Kier alpha value is -0.770. The highest BCUT2D eigenvalue weighted by molar-refractivity contribution is 9.10. The van der Waals surface area contributed by atoms with Crippen molar-refractivity contribution in [2.45, 2.75) is 39.2 Å². The summed E-state index contributed by atoms with van der Waals surface area (Å²) in [5.41, 5.74) is 6.31. The Labute approximate surface area is 99.6 Å². The number of rotatable bonds is 5. The van der Waals surface area contributed by atoms with Crippen LogP contribution in [0.3, 0.4) is 0 Å². The zero-order valence-corrected chi connectivity index (χ0v) is 10.8. The molecule has 1 unspecified atom stereocenters. The smallest absolute Gasteiger partial charge is 0.140 e. The van der Waals surface area contributed by atoms with Gasteiger partial charge in [0.1, 0.15) is 5.82 Å². The van der Waals surface area contributed by atoms with E-state index in [1.54, 1.807) is 6.20 Å². The van der Waals surface area contributed by atoms with Crippen molar-refractivity contribution < 1.29 is 0 Å². The molecule has 0 fully saturated rings. The van der Waals surface area contributed by atoms with Crippen molar-refractivity contribution in [3.05, 3.63) is 16.7 Å². The second kappa shape index (κ2) is 5.95. The van der Waals surface area contributed by atoms with Crippen LogP contribution >= 0.6 is 15.9 Å². The largest absolute Gasteiger partial charge is 0.397 e. The van der Waals surface area contributed by atoms with Gasteiger partial charge in [-0.2, -0.15) is 0 Å². The van der Waals surface area contributed by atoms with E-state index in [4.69, 9.17) is 5.73 Å². The lowest BCUT2D eigenvalue weighted by Gasteiger charge is -2.17. The Morgan fingerprint density at radius 3 is 2.80 bits per heavy atom. The van der Waals surface area contributed by atoms with E-state index in [1.807, 2.05) is 6.07 Å². The molecule has 0 aliphatic heterocycles. The molecule has 0 aliphatic rings. The fraction of sp³-hybridized carbons (Fsp3) is 0.545. The number of halogens is 1. The highest BCUT2D eigenvalue weighted by Gasteiger charge is 2.08. The van der Waals surface area contributed by atoms with Gasteiger partial charge in [0.15, 0.2) is 0 Å². The van der Waals surface area contributed by atoms with Gasteiger partial charge in [0, 0.05) is 6.04 Å². The average molecular weight is 272 g/mol. The zero-order chi connectivity index (χ0) is 11.3. The number of hydrogen-bond acceptors (Lipinski definition) is 3. The van der Waals surface area contributed by atoms with Gasteiger partial charge in [-0.05, 0) is 34.8 Å². The molecule has 0 spiro atoms. The third kappa shape index (κ3) is 3.70. The molecule has 1 rings (SSSR count). The fourth-order valence-electron chi connectivity index (χ4n) is 1.48. The summed E-state index contributed by atoms with van der Waals surface area (Å²) >= 11 is 3.45. The summed E-state index contributed by atoms with van der Waals surface area (Å²) in [5, 5.41) is 3.41. The maximum absolute atomic E-state index is 5.63. The van der Waals surface area contributed by atoms with Gasteiger partial charge in [0.05, 0.1) is 16.4 Å². The molecule has 0 saturated heterocycles. The van der Waals surface area contributed by atoms with Gasteiger partial charge < -0.3 is 11.1 Å². The van der Waals surface area contributed by atoms with Crippen molar-refractivity contribution in [1.29, 1.82) is 0 Å². The first-order valence-electron chi connectivity index (χ1n) is 5.34. The van der Waals surface area contributed by atoms with E-state index < -0.39 is 0 Å². The molecule has 0 aromatic carbocycles. The molecular formula is C11H18BrN3. The number of nitrogens with zero attached hydrogens (tertiary/aromatic N) is 1. The molecule has 15 heavy (non-hydrogen) atoms. The maximum atomic E-state index is 5.63. The predicted octanol–water partition coefficient (Wildman–Crippen LogP) is 3.42. The van der Waals surface area contributed by atoms with Crippen LogP contribution in [0.15, 0.2) is 16.7 Å². The Morgan fingerprint density at radius 1 is 1.53 bits per heavy atom. The van der Waals surface area contributed by atoms with E-state index >= 15 is 0 Å². The molecule has 3 N–H and O–H groups in total. The molecular weight excluding hydrogens is 254 g/mol. The Kier molecular flexibility index (Phi) is 4.88. The Bertz CT molecular complexity index is 315. The zero-order valence-electron chi connectivity index (χ0n) is 9.26. The lowest BCUT2D eigenvalue weighted by molar-refractivity contribution is 0.620. The quantitative estimate of drug-likeness (QED) is 0.863. The number of nitrogen functional groups attached to an aromatic ring is 1. The van der Waals surface area contributed by atoms with E-state index in [9.17, 15) is 0 Å². The summed E-state index contributed by atoms with van der Waals surface area (Å²) < 4.78 is 0.928. The van der Waals surface area contributed by atoms with E-state index in [-0.39, 0.29) is 0 Å². The Balaban J connectivity index is 2.70. The van der Waals surface area contributed by atoms with Crippen molar-refractivity contribution in [1.82, 2.24) is 4.98 Å². The molecule has 1 heterocycles. The number of pyridine rings is 1. The van der Waals surface area contributed by atoms with Crippen molar-refractivity contribution in [3.63, 3.8) is 0 Å². The van der Waals surface area contributed by atoms with Crippen molar-refractivity contribution in [2.24, 2.45) is 0 Å². The summed E-state index contributed by atoms with van der Waals surface area (Å²) in [5.74, 6) is 0.879. The minimum Gasteiger partial charge on any atom is -0.397 e. The summed E-state index contributed by atoms with van der Waals surface area (Å²) in [7, 11) is 0. The van der Waals surface area contributed by atoms with Crippen LogP contribution in [0.1, 0.15) is 33.1 Å².